The van der Waals surface area contributed by atoms with Crippen molar-refractivity contribution in [3.63, 3.8) is 0 Å². The number of amides is 1. The van der Waals surface area contributed by atoms with E-state index in [4.69, 9.17) is 27.9 Å². The second-order valence-corrected chi connectivity index (χ2v) is 12.1. The van der Waals surface area contributed by atoms with E-state index in [0.717, 1.165) is 28.3 Å². The fourth-order valence-electron chi connectivity index (χ4n) is 6.21. The van der Waals surface area contributed by atoms with Gasteiger partial charge in [-0.2, -0.15) is 0 Å². The van der Waals surface area contributed by atoms with Gasteiger partial charge in [0.15, 0.2) is 0 Å². The molecule has 1 atom stereocenters. The predicted molar refractivity (Wildman–Crippen MR) is 176 cm³/mol. The Hall–Kier alpha value is -4.03. The number of halogens is 4. The largest absolute Gasteiger partial charge is 0.356 e. The highest BCUT2D eigenvalue weighted by Crippen LogP contribution is 2.43. The summed E-state index contributed by atoms with van der Waals surface area (Å²) < 4.78 is 34.7. The molecule has 5 aromatic carbocycles. The van der Waals surface area contributed by atoms with Gasteiger partial charge in [0.05, 0.1) is 22.3 Å². The van der Waals surface area contributed by atoms with Crippen LogP contribution >= 0.6 is 23.2 Å². The number of hydrogen-bond donors (Lipinski definition) is 0. The monoisotopic (exact) mass is 641 g/mol. The SMILES string of the molecule is O=C1CCC(Cc2ccc(F)cc2F)CN1c1c(Cl)cc(COC(c2ccccc2)(c2ccccc2)c2ccccc2)cc1Cl. The zero-order valence-electron chi connectivity index (χ0n) is 24.4. The second-order valence-electron chi connectivity index (χ2n) is 11.3. The average molecular weight is 643 g/mol. The topological polar surface area (TPSA) is 29.5 Å². The van der Waals surface area contributed by atoms with Crippen LogP contribution in [0.5, 0.6) is 0 Å². The number of benzene rings is 5. The van der Waals surface area contributed by atoms with E-state index in [1.807, 2.05) is 54.6 Å². The summed E-state index contributed by atoms with van der Waals surface area (Å²) in [4.78, 5) is 14.7. The van der Waals surface area contributed by atoms with Crippen molar-refractivity contribution in [2.24, 2.45) is 5.92 Å². The molecular weight excluding hydrogens is 611 g/mol. The van der Waals surface area contributed by atoms with Gasteiger partial charge in [-0.25, -0.2) is 8.78 Å². The van der Waals surface area contributed by atoms with Gasteiger partial charge in [0.2, 0.25) is 5.91 Å². The molecule has 1 heterocycles. The summed E-state index contributed by atoms with van der Waals surface area (Å²) in [6, 6.07) is 37.4. The standard InChI is InChI=1S/C38H31Cl2F2NO2/c39-33-21-27(22-34(40)37(33)43-24-26(16-19-36(43)44)20-28-17-18-32(41)23-35(28)42)25-45-38(29-10-4-1-5-11-29,30-12-6-2-7-13-30)31-14-8-3-9-15-31/h1-15,17-18,21-23,26H,16,19-20,24-25H2. The minimum atomic E-state index is -0.924. The molecule has 0 spiro atoms. The Balaban J connectivity index is 1.30. The Morgan fingerprint density at radius 1 is 0.756 bits per heavy atom. The van der Waals surface area contributed by atoms with Gasteiger partial charge in [0.1, 0.15) is 17.2 Å². The molecule has 1 aliphatic heterocycles. The van der Waals surface area contributed by atoms with Gasteiger partial charge < -0.3 is 9.64 Å². The molecule has 7 heteroatoms. The zero-order chi connectivity index (χ0) is 31.4. The number of ether oxygens (including phenoxy) is 1. The first-order chi connectivity index (χ1) is 21.8. The summed E-state index contributed by atoms with van der Waals surface area (Å²) in [6.07, 6.45) is 1.24. The maximum absolute atomic E-state index is 14.4. The number of hydrogen-bond acceptors (Lipinski definition) is 2. The summed E-state index contributed by atoms with van der Waals surface area (Å²) in [6.45, 7) is 0.503. The normalized spacial score (nSPS) is 15.3. The van der Waals surface area contributed by atoms with E-state index in [2.05, 4.69) is 36.4 Å². The van der Waals surface area contributed by atoms with Gasteiger partial charge in [0.25, 0.3) is 0 Å². The van der Waals surface area contributed by atoms with Crippen molar-refractivity contribution in [3.05, 3.63) is 171 Å². The molecular formula is C38H31Cl2F2NO2. The Bertz CT molecular complexity index is 1660. The molecule has 228 valence electrons. The zero-order valence-corrected chi connectivity index (χ0v) is 25.9. The quantitative estimate of drug-likeness (QED) is 0.150. The van der Waals surface area contributed by atoms with Gasteiger partial charge in [-0.1, -0.05) is 120 Å². The van der Waals surface area contributed by atoms with Crippen LogP contribution in [0.2, 0.25) is 10.0 Å². The van der Waals surface area contributed by atoms with Gasteiger partial charge in [-0.05, 0) is 64.8 Å². The molecule has 0 aliphatic carbocycles. The van der Waals surface area contributed by atoms with Crippen LogP contribution in [0.15, 0.2) is 121 Å². The van der Waals surface area contributed by atoms with Crippen LogP contribution in [-0.4, -0.2) is 12.5 Å². The first-order valence-corrected chi connectivity index (χ1v) is 15.6. The molecule has 0 aromatic heterocycles. The van der Waals surface area contributed by atoms with Crippen LogP contribution in [0.4, 0.5) is 14.5 Å². The number of carbonyl (C=O) groups is 1. The van der Waals surface area contributed by atoms with Crippen molar-refractivity contribution >= 4 is 34.8 Å². The van der Waals surface area contributed by atoms with Crippen LogP contribution in [0.25, 0.3) is 0 Å². The molecule has 6 rings (SSSR count). The predicted octanol–water partition coefficient (Wildman–Crippen LogP) is 9.77. The van der Waals surface area contributed by atoms with E-state index in [1.54, 1.807) is 17.0 Å². The van der Waals surface area contributed by atoms with Gasteiger partial charge in [-0.3, -0.25) is 4.79 Å². The van der Waals surface area contributed by atoms with Crippen LogP contribution in [0, 0.1) is 17.6 Å². The van der Waals surface area contributed by atoms with Crippen LogP contribution in [0.1, 0.15) is 40.7 Å². The van der Waals surface area contributed by atoms with E-state index in [9.17, 15) is 13.6 Å². The summed E-state index contributed by atoms with van der Waals surface area (Å²) in [5, 5.41) is 0.653. The smallest absolute Gasteiger partial charge is 0.227 e. The van der Waals surface area contributed by atoms with Crippen LogP contribution in [-0.2, 0) is 28.2 Å². The number of carbonyl (C=O) groups excluding carboxylic acids is 1. The molecule has 0 saturated carbocycles. The molecule has 45 heavy (non-hydrogen) atoms. The third kappa shape index (κ3) is 6.53. The van der Waals surface area contributed by atoms with Crippen molar-refractivity contribution in [2.75, 3.05) is 11.4 Å². The van der Waals surface area contributed by atoms with Crippen molar-refractivity contribution in [1.82, 2.24) is 0 Å². The van der Waals surface area contributed by atoms with Gasteiger partial charge >= 0.3 is 0 Å². The number of nitrogens with zero attached hydrogens (tertiary/aromatic N) is 1. The molecule has 1 amide bonds. The third-order valence-corrected chi connectivity index (χ3v) is 8.95. The highest BCUT2D eigenvalue weighted by atomic mass is 35.5. The summed E-state index contributed by atoms with van der Waals surface area (Å²) in [7, 11) is 0. The number of piperidine rings is 1. The maximum atomic E-state index is 14.4. The lowest BCUT2D eigenvalue weighted by Crippen LogP contribution is -2.41. The van der Waals surface area contributed by atoms with Crippen molar-refractivity contribution in [2.45, 2.75) is 31.5 Å². The molecule has 0 bridgehead atoms. The summed E-state index contributed by atoms with van der Waals surface area (Å²) in [5.74, 6) is -1.35. The molecule has 0 radical (unpaired) electrons. The Morgan fingerprint density at radius 3 is 1.80 bits per heavy atom. The Morgan fingerprint density at radius 2 is 1.29 bits per heavy atom. The van der Waals surface area contributed by atoms with Crippen LogP contribution < -0.4 is 4.90 Å². The maximum Gasteiger partial charge on any atom is 0.227 e. The minimum absolute atomic E-state index is 0.0407. The van der Waals surface area contributed by atoms with E-state index in [1.165, 1.54) is 12.1 Å². The molecule has 1 unspecified atom stereocenters. The van der Waals surface area contributed by atoms with Crippen molar-refractivity contribution in [3.8, 4) is 0 Å². The summed E-state index contributed by atoms with van der Waals surface area (Å²) >= 11 is 13.7. The van der Waals surface area contributed by atoms with Crippen LogP contribution in [0.3, 0.4) is 0 Å². The van der Waals surface area contributed by atoms with E-state index >= 15 is 0 Å². The molecule has 1 aliphatic rings. The number of anilines is 1. The average Bonchev–Trinajstić information content (AvgIpc) is 3.05. The Labute approximate surface area is 272 Å². The molecule has 1 fully saturated rings. The minimum Gasteiger partial charge on any atom is -0.356 e. The molecule has 5 aromatic rings. The molecule has 1 saturated heterocycles. The number of rotatable bonds is 9. The van der Waals surface area contributed by atoms with Gasteiger partial charge in [0, 0.05) is 19.0 Å². The summed E-state index contributed by atoms with van der Waals surface area (Å²) in [5.41, 5.74) is 3.58. The van der Waals surface area contributed by atoms with E-state index in [0.29, 0.717) is 40.7 Å². The highest BCUT2D eigenvalue weighted by molar-refractivity contribution is 6.40. The fraction of sp³-hybridized carbons (Fsp3) is 0.184. The third-order valence-electron chi connectivity index (χ3n) is 8.37. The first kappa shape index (κ1) is 31.0. The lowest BCUT2D eigenvalue weighted by molar-refractivity contribution is -0.120. The first-order valence-electron chi connectivity index (χ1n) is 14.9. The highest BCUT2D eigenvalue weighted by Gasteiger charge is 2.38. The Kier molecular flexibility index (Phi) is 9.32. The van der Waals surface area contributed by atoms with E-state index in [-0.39, 0.29) is 24.9 Å². The molecule has 3 nitrogen and oxygen atoms in total. The molecule has 0 N–H and O–H groups in total. The second kappa shape index (κ2) is 13.5. The lowest BCUT2D eigenvalue weighted by Gasteiger charge is -2.36. The van der Waals surface area contributed by atoms with Crippen molar-refractivity contribution in [1.29, 1.82) is 0 Å². The fourth-order valence-corrected chi connectivity index (χ4v) is 6.95. The van der Waals surface area contributed by atoms with Crippen molar-refractivity contribution < 1.29 is 18.3 Å². The lowest BCUT2D eigenvalue weighted by atomic mass is 9.80. The van der Waals surface area contributed by atoms with Gasteiger partial charge in [-0.15, -0.1) is 0 Å². The van der Waals surface area contributed by atoms with E-state index < -0.39 is 17.2 Å².